The van der Waals surface area contributed by atoms with Crippen molar-refractivity contribution in [1.29, 1.82) is 0 Å². The van der Waals surface area contributed by atoms with Crippen LogP contribution in [0.5, 0.6) is 17.2 Å². The Morgan fingerprint density at radius 3 is 2.87 bits per heavy atom. The van der Waals surface area contributed by atoms with E-state index in [-0.39, 0.29) is 23.0 Å². The zero-order valence-corrected chi connectivity index (χ0v) is 21.2. The Balaban J connectivity index is 1.26. The number of methoxy groups -OCH3 is 1. The second kappa shape index (κ2) is 9.40. The van der Waals surface area contributed by atoms with Crippen molar-refractivity contribution in [2.45, 2.75) is 25.3 Å². The van der Waals surface area contributed by atoms with E-state index in [1.165, 1.54) is 16.9 Å². The Bertz CT molecular complexity index is 1650. The van der Waals surface area contributed by atoms with Crippen LogP contribution in [0.4, 0.5) is 20.5 Å². The van der Waals surface area contributed by atoms with Gasteiger partial charge in [0, 0.05) is 33.2 Å². The van der Waals surface area contributed by atoms with E-state index in [0.29, 0.717) is 66.1 Å². The van der Waals surface area contributed by atoms with Crippen LogP contribution in [-0.2, 0) is 24.3 Å². The number of hydrogen-bond donors (Lipinski definition) is 1. The lowest BCUT2D eigenvalue weighted by Crippen LogP contribution is -2.25. The molecule has 6 heterocycles. The molecule has 1 N–H and O–H groups in total. The summed E-state index contributed by atoms with van der Waals surface area (Å²) >= 11 is 6.72. The van der Waals surface area contributed by atoms with E-state index in [4.69, 9.17) is 25.8 Å². The van der Waals surface area contributed by atoms with Crippen LogP contribution >= 0.6 is 11.6 Å². The van der Waals surface area contributed by atoms with Gasteiger partial charge < -0.3 is 24.1 Å². The van der Waals surface area contributed by atoms with E-state index in [1.54, 1.807) is 35.6 Å². The molecule has 0 fully saturated rings. The van der Waals surface area contributed by atoms with Crippen LogP contribution in [0.3, 0.4) is 0 Å². The fourth-order valence-electron chi connectivity index (χ4n) is 4.40. The first-order chi connectivity index (χ1) is 18.3. The molecular weight excluding hydrogens is 522 g/mol. The molecule has 5 aromatic heterocycles. The number of hydrogen-bond acceptors (Lipinski definition) is 8. The topological polar surface area (TPSA) is 106 Å². The number of pyridine rings is 2. The highest BCUT2D eigenvalue weighted by atomic mass is 35.5. The van der Waals surface area contributed by atoms with Crippen molar-refractivity contribution in [3.8, 4) is 17.2 Å². The number of aryl methyl sites for hydroxylation is 2. The molecule has 0 spiro atoms. The molecule has 11 nitrogen and oxygen atoms in total. The first kappa shape index (κ1) is 24.4. The number of rotatable bonds is 8. The maximum Gasteiger partial charge on any atom is 0.289 e. The van der Waals surface area contributed by atoms with E-state index in [2.05, 4.69) is 25.5 Å². The molecule has 38 heavy (non-hydrogen) atoms. The summed E-state index contributed by atoms with van der Waals surface area (Å²) in [6, 6.07) is 4.98. The van der Waals surface area contributed by atoms with Gasteiger partial charge in [0.15, 0.2) is 23.0 Å². The largest absolute Gasteiger partial charge is 0.490 e. The standard InChI is InChI=1S/C24H23ClF2N8O3/c1-33-21-20(25)17(38-16-12-29-35-13-14(4-5-15(16)35)37-9-8-36-2)11-28-22(21)31-23(33)30-19-10-18-24(26,27)6-3-7-34(18)32-19/h4-5,10-13H,3,6-9H2,1-2H3,(H,28,30,31,32). The lowest BCUT2D eigenvalue weighted by Gasteiger charge is -2.22. The van der Waals surface area contributed by atoms with E-state index in [9.17, 15) is 8.78 Å². The Hall–Kier alpha value is -3.97. The van der Waals surface area contributed by atoms with Crippen LogP contribution in [0.1, 0.15) is 18.5 Å². The first-order valence-electron chi connectivity index (χ1n) is 11.8. The molecule has 198 valence electrons. The summed E-state index contributed by atoms with van der Waals surface area (Å²) in [7, 11) is 3.35. The van der Waals surface area contributed by atoms with E-state index in [0.717, 1.165) is 0 Å². The maximum atomic E-state index is 14.3. The number of nitrogens with one attached hydrogen (secondary N) is 1. The van der Waals surface area contributed by atoms with Gasteiger partial charge in [0.05, 0.1) is 25.2 Å². The third-order valence-corrected chi connectivity index (χ3v) is 6.66. The summed E-state index contributed by atoms with van der Waals surface area (Å²) in [5.41, 5.74) is 1.46. The van der Waals surface area contributed by atoms with Crippen LogP contribution in [-0.4, -0.2) is 54.3 Å². The molecule has 0 bridgehead atoms. The van der Waals surface area contributed by atoms with Crippen molar-refractivity contribution >= 4 is 40.0 Å². The van der Waals surface area contributed by atoms with Gasteiger partial charge in [-0.3, -0.25) is 4.68 Å². The van der Waals surface area contributed by atoms with Gasteiger partial charge in [-0.1, -0.05) is 11.6 Å². The monoisotopic (exact) mass is 544 g/mol. The summed E-state index contributed by atoms with van der Waals surface area (Å²) < 4.78 is 49.9. The zero-order chi connectivity index (χ0) is 26.4. The van der Waals surface area contributed by atoms with Crippen molar-refractivity contribution < 1.29 is 23.0 Å². The van der Waals surface area contributed by atoms with Gasteiger partial charge in [-0.05, 0) is 18.6 Å². The molecule has 0 saturated carbocycles. The fraction of sp³-hybridized carbons (Fsp3) is 0.333. The first-order valence-corrected chi connectivity index (χ1v) is 12.2. The normalized spacial score (nSPS) is 14.7. The number of halogens is 3. The SMILES string of the molecule is COCCOc1ccc2c(Oc3cnc4nc(Nc5cc6n(n5)CCCC6(F)F)n(C)c4c3Cl)cnn2c1. The van der Waals surface area contributed by atoms with Crippen LogP contribution < -0.4 is 14.8 Å². The van der Waals surface area contributed by atoms with Gasteiger partial charge in [0.25, 0.3) is 5.92 Å². The Labute approximate surface area is 219 Å². The second-order valence-corrected chi connectivity index (χ2v) is 9.20. The fourth-order valence-corrected chi connectivity index (χ4v) is 4.70. The molecule has 0 atom stereocenters. The molecular formula is C24H23ClF2N8O3. The van der Waals surface area contributed by atoms with Gasteiger partial charge in [0.1, 0.15) is 34.1 Å². The number of fused-ring (bicyclic) bond motifs is 3. The lowest BCUT2D eigenvalue weighted by atomic mass is 10.1. The highest BCUT2D eigenvalue weighted by molar-refractivity contribution is 6.36. The predicted molar refractivity (Wildman–Crippen MR) is 135 cm³/mol. The lowest BCUT2D eigenvalue weighted by molar-refractivity contribution is -0.0364. The summed E-state index contributed by atoms with van der Waals surface area (Å²) in [6.45, 7) is 1.34. The van der Waals surface area contributed by atoms with Gasteiger partial charge in [0.2, 0.25) is 5.95 Å². The molecule has 5 aromatic rings. The van der Waals surface area contributed by atoms with Gasteiger partial charge in [-0.25, -0.2) is 9.50 Å². The quantitative estimate of drug-likeness (QED) is 0.275. The number of alkyl halides is 2. The molecule has 0 saturated heterocycles. The van der Waals surface area contributed by atoms with Crippen LogP contribution in [0.2, 0.25) is 5.02 Å². The van der Waals surface area contributed by atoms with Gasteiger partial charge in [-0.15, -0.1) is 0 Å². The third-order valence-electron chi connectivity index (χ3n) is 6.29. The molecule has 0 aliphatic carbocycles. The van der Waals surface area contributed by atoms with Gasteiger partial charge in [-0.2, -0.15) is 24.0 Å². The Morgan fingerprint density at radius 2 is 2.05 bits per heavy atom. The van der Waals surface area contributed by atoms with E-state index < -0.39 is 5.92 Å². The van der Waals surface area contributed by atoms with Crippen molar-refractivity contribution in [3.05, 3.63) is 47.5 Å². The van der Waals surface area contributed by atoms with Crippen LogP contribution in [0.15, 0.2) is 36.8 Å². The highest BCUT2D eigenvalue weighted by Crippen LogP contribution is 2.39. The number of aromatic nitrogens is 7. The summed E-state index contributed by atoms with van der Waals surface area (Å²) in [6.07, 6.45) is 4.96. The molecule has 0 radical (unpaired) electrons. The smallest absolute Gasteiger partial charge is 0.289 e. The van der Waals surface area contributed by atoms with Crippen molar-refractivity contribution in [2.75, 3.05) is 25.6 Å². The molecule has 0 unspecified atom stereocenters. The molecule has 6 rings (SSSR count). The van der Waals surface area contributed by atoms with E-state index in [1.807, 2.05) is 12.1 Å². The Kier molecular flexibility index (Phi) is 6.03. The minimum atomic E-state index is -2.91. The van der Waals surface area contributed by atoms with Gasteiger partial charge >= 0.3 is 0 Å². The summed E-state index contributed by atoms with van der Waals surface area (Å²) in [5, 5.41) is 11.9. The number of anilines is 2. The van der Waals surface area contributed by atoms with Crippen LogP contribution in [0.25, 0.3) is 16.7 Å². The molecule has 0 amide bonds. The number of ether oxygens (including phenoxy) is 3. The predicted octanol–water partition coefficient (Wildman–Crippen LogP) is 4.91. The zero-order valence-electron chi connectivity index (χ0n) is 20.5. The summed E-state index contributed by atoms with van der Waals surface area (Å²) in [5.74, 6) is -0.872. The minimum Gasteiger partial charge on any atom is -0.490 e. The minimum absolute atomic E-state index is 0.112. The third kappa shape index (κ3) is 4.27. The maximum absolute atomic E-state index is 14.3. The highest BCUT2D eigenvalue weighted by Gasteiger charge is 2.38. The van der Waals surface area contributed by atoms with E-state index >= 15 is 0 Å². The molecule has 0 aromatic carbocycles. The second-order valence-electron chi connectivity index (χ2n) is 8.82. The van der Waals surface area contributed by atoms with Crippen molar-refractivity contribution in [3.63, 3.8) is 0 Å². The van der Waals surface area contributed by atoms with Crippen molar-refractivity contribution in [1.82, 2.24) is 33.9 Å². The number of imidazole rings is 1. The summed E-state index contributed by atoms with van der Waals surface area (Å²) in [4.78, 5) is 8.85. The Morgan fingerprint density at radius 1 is 1.18 bits per heavy atom. The molecule has 1 aliphatic rings. The molecule has 1 aliphatic heterocycles. The molecule has 14 heteroatoms. The average molecular weight is 545 g/mol. The van der Waals surface area contributed by atoms with Crippen molar-refractivity contribution in [2.24, 2.45) is 7.05 Å². The average Bonchev–Trinajstić information content (AvgIpc) is 3.58. The van der Waals surface area contributed by atoms with Crippen LogP contribution in [0, 0.1) is 0 Å². The number of nitrogens with zero attached hydrogens (tertiary/aromatic N) is 7.